The molecular formula is C17H19NOS. The smallest absolute Gasteiger partial charge is 0.250 e. The molecule has 0 bridgehead atoms. The number of hydrogen-bond acceptors (Lipinski definition) is 2. The van der Waals surface area contributed by atoms with Crippen LogP contribution in [0.1, 0.15) is 29.2 Å². The van der Waals surface area contributed by atoms with Gasteiger partial charge in [-0.2, -0.15) is 12.6 Å². The lowest BCUT2D eigenvalue weighted by Gasteiger charge is -2.19. The van der Waals surface area contributed by atoms with Crippen LogP contribution < -0.4 is 5.56 Å². The van der Waals surface area contributed by atoms with Gasteiger partial charge in [-0.3, -0.25) is 4.79 Å². The highest BCUT2D eigenvalue weighted by Crippen LogP contribution is 2.24. The van der Waals surface area contributed by atoms with Gasteiger partial charge in [0.1, 0.15) is 0 Å². The Morgan fingerprint density at radius 1 is 1.10 bits per heavy atom. The molecule has 3 rings (SSSR count). The van der Waals surface area contributed by atoms with Gasteiger partial charge in [-0.25, -0.2) is 0 Å². The van der Waals surface area contributed by atoms with Crippen LogP contribution in [0, 0.1) is 0 Å². The van der Waals surface area contributed by atoms with Crippen LogP contribution in [0.4, 0.5) is 0 Å². The van der Waals surface area contributed by atoms with Gasteiger partial charge in [0.05, 0.1) is 0 Å². The first kappa shape index (κ1) is 13.5. The maximum absolute atomic E-state index is 12.2. The van der Waals surface area contributed by atoms with Gasteiger partial charge in [-0.05, 0) is 36.1 Å². The summed E-state index contributed by atoms with van der Waals surface area (Å²) in [7, 11) is 0. The topological polar surface area (TPSA) is 22.0 Å². The highest BCUT2D eigenvalue weighted by atomic mass is 32.1. The zero-order valence-corrected chi connectivity index (χ0v) is 12.4. The van der Waals surface area contributed by atoms with Crippen molar-refractivity contribution >= 4 is 12.6 Å². The fourth-order valence-corrected chi connectivity index (χ4v) is 3.37. The van der Waals surface area contributed by atoms with Crippen LogP contribution in [0.15, 0.2) is 47.3 Å². The number of thiol groups is 1. The normalized spacial score (nSPS) is 15.1. The number of aryl methyl sites for hydroxylation is 1. The van der Waals surface area contributed by atoms with E-state index in [1.807, 2.05) is 28.8 Å². The van der Waals surface area contributed by atoms with Crippen LogP contribution in [0.3, 0.4) is 0 Å². The maximum Gasteiger partial charge on any atom is 0.250 e. The van der Waals surface area contributed by atoms with E-state index in [9.17, 15) is 4.79 Å². The Hall–Kier alpha value is -1.48. The minimum Gasteiger partial charge on any atom is -0.312 e. The fourth-order valence-electron chi connectivity index (χ4n) is 3.05. The van der Waals surface area contributed by atoms with Crippen LogP contribution >= 0.6 is 12.6 Å². The van der Waals surface area contributed by atoms with Crippen molar-refractivity contribution in [2.45, 2.75) is 31.7 Å². The first-order valence-electron chi connectivity index (χ1n) is 7.17. The average Bonchev–Trinajstić information content (AvgIpc) is 2.96. The van der Waals surface area contributed by atoms with Crippen molar-refractivity contribution in [2.24, 2.45) is 0 Å². The monoisotopic (exact) mass is 285 g/mol. The Bertz CT molecular complexity index is 648. The number of aromatic nitrogens is 1. The molecule has 0 spiro atoms. The van der Waals surface area contributed by atoms with Crippen molar-refractivity contribution in [3.05, 3.63) is 69.6 Å². The summed E-state index contributed by atoms with van der Waals surface area (Å²) >= 11 is 4.48. The molecule has 2 nitrogen and oxygen atoms in total. The fraction of sp³-hybridized carbons (Fsp3) is 0.353. The molecule has 0 radical (unpaired) electrons. The summed E-state index contributed by atoms with van der Waals surface area (Å²) in [5, 5.41) is 0. The predicted octanol–water partition coefficient (Wildman–Crippen LogP) is 3.05. The number of nitrogens with zero attached hydrogens (tertiary/aromatic N) is 1. The predicted molar refractivity (Wildman–Crippen MR) is 85.8 cm³/mol. The second-order valence-corrected chi connectivity index (χ2v) is 5.76. The second kappa shape index (κ2) is 5.88. The zero-order chi connectivity index (χ0) is 13.9. The zero-order valence-electron chi connectivity index (χ0n) is 11.5. The van der Waals surface area contributed by atoms with Crippen molar-refractivity contribution < 1.29 is 0 Å². The first-order valence-corrected chi connectivity index (χ1v) is 7.80. The van der Waals surface area contributed by atoms with E-state index in [0.29, 0.717) is 0 Å². The number of pyridine rings is 1. The quantitative estimate of drug-likeness (QED) is 0.857. The van der Waals surface area contributed by atoms with Gasteiger partial charge in [0.15, 0.2) is 0 Å². The van der Waals surface area contributed by atoms with Gasteiger partial charge >= 0.3 is 0 Å². The van der Waals surface area contributed by atoms with Crippen LogP contribution in [0.5, 0.6) is 0 Å². The molecule has 20 heavy (non-hydrogen) atoms. The molecule has 1 heterocycles. The largest absolute Gasteiger partial charge is 0.312 e. The summed E-state index contributed by atoms with van der Waals surface area (Å²) in [5.74, 6) is 1.03. The molecule has 0 N–H and O–H groups in total. The molecule has 1 aliphatic carbocycles. The standard InChI is InChI=1S/C17H19NOS/c19-17-10-9-14-7-4-8-16(14)18(17)11-15(12-20)13-5-2-1-3-6-13/h1-3,5-6,9-10,15,20H,4,7-8,11-12H2. The minimum atomic E-state index is 0.119. The Kier molecular flexibility index (Phi) is 3.97. The molecule has 0 saturated carbocycles. The van der Waals surface area contributed by atoms with Gasteiger partial charge in [0.2, 0.25) is 0 Å². The van der Waals surface area contributed by atoms with E-state index < -0.39 is 0 Å². The van der Waals surface area contributed by atoms with E-state index in [0.717, 1.165) is 31.6 Å². The van der Waals surface area contributed by atoms with E-state index in [1.165, 1.54) is 16.8 Å². The lowest BCUT2D eigenvalue weighted by Crippen LogP contribution is -2.26. The summed E-state index contributed by atoms with van der Waals surface area (Å²) in [6, 6.07) is 14.1. The minimum absolute atomic E-state index is 0.119. The van der Waals surface area contributed by atoms with E-state index >= 15 is 0 Å². The molecule has 1 aliphatic rings. The van der Waals surface area contributed by atoms with Crippen LogP contribution in [-0.2, 0) is 19.4 Å². The molecular weight excluding hydrogens is 266 g/mol. The molecule has 0 fully saturated rings. The molecule has 0 amide bonds. The number of rotatable bonds is 4. The molecule has 3 heteroatoms. The Morgan fingerprint density at radius 2 is 1.90 bits per heavy atom. The first-order chi connectivity index (χ1) is 9.79. The van der Waals surface area contributed by atoms with E-state index in [4.69, 9.17) is 0 Å². The lowest BCUT2D eigenvalue weighted by atomic mass is 10.0. The molecule has 0 saturated heterocycles. The average molecular weight is 285 g/mol. The van der Waals surface area contributed by atoms with Gasteiger partial charge in [-0.1, -0.05) is 36.4 Å². The van der Waals surface area contributed by atoms with Crippen molar-refractivity contribution in [2.75, 3.05) is 5.75 Å². The molecule has 1 atom stereocenters. The van der Waals surface area contributed by atoms with Crippen LogP contribution in [0.2, 0.25) is 0 Å². The van der Waals surface area contributed by atoms with Crippen LogP contribution in [-0.4, -0.2) is 10.3 Å². The number of fused-ring (bicyclic) bond motifs is 1. The maximum atomic E-state index is 12.2. The van der Waals surface area contributed by atoms with Gasteiger partial charge < -0.3 is 4.57 Å². The highest BCUT2D eigenvalue weighted by molar-refractivity contribution is 7.80. The molecule has 1 unspecified atom stereocenters. The van der Waals surface area contributed by atoms with Crippen molar-refractivity contribution in [3.8, 4) is 0 Å². The van der Waals surface area contributed by atoms with Gasteiger partial charge in [0.25, 0.3) is 5.56 Å². The molecule has 2 aromatic rings. The third-order valence-corrected chi connectivity index (χ3v) is 4.58. The highest BCUT2D eigenvalue weighted by Gasteiger charge is 2.18. The summed E-state index contributed by atoms with van der Waals surface area (Å²) in [6.45, 7) is 0.732. The third-order valence-electron chi connectivity index (χ3n) is 4.14. The van der Waals surface area contributed by atoms with E-state index in [-0.39, 0.29) is 11.5 Å². The van der Waals surface area contributed by atoms with E-state index in [2.05, 4.69) is 24.8 Å². The Balaban J connectivity index is 1.95. The number of hydrogen-bond donors (Lipinski definition) is 1. The van der Waals surface area contributed by atoms with Crippen molar-refractivity contribution in [1.29, 1.82) is 0 Å². The molecule has 1 aromatic heterocycles. The van der Waals surface area contributed by atoms with Gasteiger partial charge in [-0.15, -0.1) is 0 Å². The van der Waals surface area contributed by atoms with Crippen LogP contribution in [0.25, 0.3) is 0 Å². The lowest BCUT2D eigenvalue weighted by molar-refractivity contribution is 0.567. The summed E-state index contributed by atoms with van der Waals surface area (Å²) in [4.78, 5) is 12.2. The Labute approximate surface area is 124 Å². The molecule has 1 aromatic carbocycles. The second-order valence-electron chi connectivity index (χ2n) is 5.40. The third kappa shape index (κ3) is 2.55. The summed E-state index contributed by atoms with van der Waals surface area (Å²) in [6.07, 6.45) is 3.29. The van der Waals surface area contributed by atoms with Crippen molar-refractivity contribution in [1.82, 2.24) is 4.57 Å². The number of benzene rings is 1. The van der Waals surface area contributed by atoms with Crippen molar-refractivity contribution in [3.63, 3.8) is 0 Å². The molecule has 104 valence electrons. The molecule has 0 aliphatic heterocycles. The van der Waals surface area contributed by atoms with E-state index in [1.54, 1.807) is 6.07 Å². The Morgan fingerprint density at radius 3 is 2.65 bits per heavy atom. The van der Waals surface area contributed by atoms with Gasteiger partial charge in [0, 0.05) is 24.2 Å². The SMILES string of the molecule is O=c1ccc2c(n1CC(CS)c1ccccc1)CCC2. The summed E-state index contributed by atoms with van der Waals surface area (Å²) < 4.78 is 1.97. The summed E-state index contributed by atoms with van der Waals surface area (Å²) in [5.41, 5.74) is 3.95.